The Morgan fingerprint density at radius 1 is 1.36 bits per heavy atom. The van der Waals surface area contributed by atoms with Gasteiger partial charge in [0, 0.05) is 31.2 Å². The molecule has 2 aliphatic heterocycles. The molecule has 0 aliphatic carbocycles. The van der Waals surface area contributed by atoms with Gasteiger partial charge in [-0.2, -0.15) is 0 Å². The molecule has 2 aliphatic rings. The number of piperidine rings is 1. The molecule has 2 N–H and O–H groups in total. The molecular weight excluding hydrogens is 302 g/mol. The van der Waals surface area contributed by atoms with E-state index in [-0.39, 0.29) is 18.0 Å². The fourth-order valence-electron chi connectivity index (χ4n) is 3.24. The van der Waals surface area contributed by atoms with Crippen LogP contribution >= 0.6 is 0 Å². The van der Waals surface area contributed by atoms with Crippen LogP contribution in [0.3, 0.4) is 0 Å². The van der Waals surface area contributed by atoms with Gasteiger partial charge in [-0.15, -0.1) is 0 Å². The van der Waals surface area contributed by atoms with E-state index in [4.69, 9.17) is 0 Å². The maximum Gasteiger partial charge on any atom is 0.245 e. The zero-order chi connectivity index (χ0) is 15.7. The lowest BCUT2D eigenvalue weighted by Gasteiger charge is -2.34. The second-order valence-electron chi connectivity index (χ2n) is 6.07. The van der Waals surface area contributed by atoms with Crippen LogP contribution < -0.4 is 10.0 Å². The number of nitrogens with zero attached hydrogens (tertiary/aromatic N) is 1. The lowest BCUT2D eigenvalue weighted by molar-refractivity contribution is -0.133. The Hall–Kier alpha value is -1.60. The van der Waals surface area contributed by atoms with Gasteiger partial charge in [0.2, 0.25) is 15.9 Å². The second-order valence-corrected chi connectivity index (χ2v) is 7.85. The van der Waals surface area contributed by atoms with E-state index >= 15 is 0 Å². The van der Waals surface area contributed by atoms with Gasteiger partial charge in [-0.25, -0.2) is 13.1 Å². The average molecular weight is 323 g/mol. The number of nitrogens with one attached hydrogen (secondary N) is 2. The quantitative estimate of drug-likeness (QED) is 0.852. The molecular formula is C15H21N3O3S. The average Bonchev–Trinajstić information content (AvgIpc) is 2.88. The normalized spacial score (nSPS) is 24.7. The van der Waals surface area contributed by atoms with Gasteiger partial charge in [0.15, 0.2) is 0 Å². The van der Waals surface area contributed by atoms with Crippen molar-refractivity contribution < 1.29 is 13.2 Å². The van der Waals surface area contributed by atoms with Crippen molar-refractivity contribution in [1.29, 1.82) is 0 Å². The molecule has 1 aromatic rings. The van der Waals surface area contributed by atoms with E-state index in [1.807, 2.05) is 24.3 Å². The van der Waals surface area contributed by atoms with Crippen molar-refractivity contribution in [2.45, 2.75) is 31.3 Å². The summed E-state index contributed by atoms with van der Waals surface area (Å²) >= 11 is 0. The number of sulfonamides is 1. The molecule has 0 radical (unpaired) electrons. The molecule has 2 atom stereocenters. The minimum atomic E-state index is -3.24. The summed E-state index contributed by atoms with van der Waals surface area (Å²) in [5.74, 6) is 0.0520. The number of carbonyl (C=O) groups excluding carboxylic acids is 1. The van der Waals surface area contributed by atoms with Crippen molar-refractivity contribution in [1.82, 2.24) is 9.62 Å². The third kappa shape index (κ3) is 3.41. The first kappa shape index (κ1) is 15.3. The van der Waals surface area contributed by atoms with Crippen LogP contribution in [0.25, 0.3) is 0 Å². The van der Waals surface area contributed by atoms with Crippen LogP contribution in [0.4, 0.5) is 5.69 Å². The summed E-state index contributed by atoms with van der Waals surface area (Å²) in [7, 11) is -3.24. The highest BCUT2D eigenvalue weighted by Crippen LogP contribution is 2.26. The van der Waals surface area contributed by atoms with Gasteiger partial charge in [0.25, 0.3) is 0 Å². The molecule has 1 aromatic carbocycles. The molecule has 1 amide bonds. The van der Waals surface area contributed by atoms with Gasteiger partial charge in [-0.1, -0.05) is 18.2 Å². The third-order valence-corrected chi connectivity index (χ3v) is 4.94. The Labute approximate surface area is 130 Å². The van der Waals surface area contributed by atoms with Gasteiger partial charge in [-0.3, -0.25) is 4.79 Å². The van der Waals surface area contributed by atoms with E-state index in [1.54, 1.807) is 4.90 Å². The molecule has 0 unspecified atom stereocenters. The Morgan fingerprint density at radius 2 is 2.14 bits per heavy atom. The van der Waals surface area contributed by atoms with Crippen molar-refractivity contribution in [3.8, 4) is 0 Å². The fraction of sp³-hybridized carbons (Fsp3) is 0.533. The van der Waals surface area contributed by atoms with E-state index in [0.717, 1.165) is 30.3 Å². The van der Waals surface area contributed by atoms with Crippen molar-refractivity contribution in [2.75, 3.05) is 24.7 Å². The summed E-state index contributed by atoms with van der Waals surface area (Å²) in [6.07, 6.45) is 3.44. The predicted octanol–water partition coefficient (Wildman–Crippen LogP) is 0.563. The minimum absolute atomic E-state index is 0.0520. The van der Waals surface area contributed by atoms with Gasteiger partial charge < -0.3 is 10.2 Å². The summed E-state index contributed by atoms with van der Waals surface area (Å²) in [5.41, 5.74) is 2.17. The molecule has 1 saturated heterocycles. The van der Waals surface area contributed by atoms with Crippen molar-refractivity contribution in [3.63, 3.8) is 0 Å². The number of likely N-dealkylation sites (tertiary alicyclic amines) is 1. The Balaban J connectivity index is 1.63. The van der Waals surface area contributed by atoms with E-state index in [1.165, 1.54) is 0 Å². The van der Waals surface area contributed by atoms with Gasteiger partial charge >= 0.3 is 0 Å². The molecule has 0 aromatic heterocycles. The maximum atomic E-state index is 12.7. The highest BCUT2D eigenvalue weighted by molar-refractivity contribution is 7.88. The van der Waals surface area contributed by atoms with Crippen molar-refractivity contribution in [2.24, 2.45) is 0 Å². The minimum Gasteiger partial charge on any atom is -0.373 e. The van der Waals surface area contributed by atoms with E-state index < -0.39 is 10.0 Å². The smallest absolute Gasteiger partial charge is 0.245 e. The van der Waals surface area contributed by atoms with Crippen LogP contribution in [0, 0.1) is 0 Å². The molecule has 120 valence electrons. The van der Waals surface area contributed by atoms with Gasteiger partial charge in [0.1, 0.15) is 6.04 Å². The van der Waals surface area contributed by atoms with Crippen molar-refractivity contribution >= 4 is 21.6 Å². The number of amides is 1. The standard InChI is InChI=1S/C15H21N3O3S/c1-22(20,21)17-12-6-4-8-18(10-12)15(19)14-9-11-5-2-3-7-13(11)16-14/h2-3,5,7,12,14,16-17H,4,6,8-10H2,1H3/t12-,14+/m1/s1. The van der Waals surface area contributed by atoms with Gasteiger partial charge in [-0.05, 0) is 24.5 Å². The monoisotopic (exact) mass is 323 g/mol. The Morgan fingerprint density at radius 3 is 2.86 bits per heavy atom. The molecule has 3 rings (SSSR count). The molecule has 2 heterocycles. The number of hydrogen-bond donors (Lipinski definition) is 2. The van der Waals surface area contributed by atoms with Crippen LogP contribution in [-0.2, 0) is 21.2 Å². The lowest BCUT2D eigenvalue weighted by atomic mass is 10.0. The zero-order valence-electron chi connectivity index (χ0n) is 12.6. The van der Waals surface area contributed by atoms with E-state index in [0.29, 0.717) is 19.5 Å². The number of benzene rings is 1. The first-order chi connectivity index (χ1) is 10.4. The molecule has 1 fully saturated rings. The van der Waals surface area contributed by atoms with E-state index in [2.05, 4.69) is 10.0 Å². The topological polar surface area (TPSA) is 78.5 Å². The number of rotatable bonds is 3. The molecule has 0 spiro atoms. The first-order valence-electron chi connectivity index (χ1n) is 7.53. The molecule has 0 bridgehead atoms. The number of fused-ring (bicyclic) bond motifs is 1. The van der Waals surface area contributed by atoms with E-state index in [9.17, 15) is 13.2 Å². The summed E-state index contributed by atoms with van der Waals surface area (Å²) in [6, 6.07) is 7.50. The van der Waals surface area contributed by atoms with Gasteiger partial charge in [0.05, 0.1) is 6.26 Å². The molecule has 7 heteroatoms. The lowest BCUT2D eigenvalue weighted by Crippen LogP contribution is -2.52. The number of hydrogen-bond acceptors (Lipinski definition) is 4. The van der Waals surface area contributed by atoms with Crippen LogP contribution in [0.1, 0.15) is 18.4 Å². The second kappa shape index (κ2) is 5.89. The first-order valence-corrected chi connectivity index (χ1v) is 9.42. The number of carbonyl (C=O) groups is 1. The third-order valence-electron chi connectivity index (χ3n) is 4.18. The highest BCUT2D eigenvalue weighted by Gasteiger charge is 2.33. The molecule has 6 nitrogen and oxygen atoms in total. The van der Waals surface area contributed by atoms with Crippen LogP contribution in [0.2, 0.25) is 0 Å². The predicted molar refractivity (Wildman–Crippen MR) is 85.1 cm³/mol. The fourth-order valence-corrected chi connectivity index (χ4v) is 4.04. The SMILES string of the molecule is CS(=O)(=O)N[C@@H]1CCCN(C(=O)[C@@H]2Cc3ccccc3N2)C1. The maximum absolute atomic E-state index is 12.7. The largest absolute Gasteiger partial charge is 0.373 e. The van der Waals surface area contributed by atoms with Crippen molar-refractivity contribution in [3.05, 3.63) is 29.8 Å². The van der Waals surface area contributed by atoms with Crippen LogP contribution in [0.15, 0.2) is 24.3 Å². The molecule has 0 saturated carbocycles. The van der Waals surface area contributed by atoms with Crippen LogP contribution in [-0.4, -0.2) is 50.7 Å². The Kier molecular flexibility index (Phi) is 4.10. The Bertz CT molecular complexity index is 649. The highest BCUT2D eigenvalue weighted by atomic mass is 32.2. The zero-order valence-corrected chi connectivity index (χ0v) is 13.4. The number of para-hydroxylation sites is 1. The molecule has 22 heavy (non-hydrogen) atoms. The summed E-state index contributed by atoms with van der Waals surface area (Å²) < 4.78 is 25.3. The van der Waals surface area contributed by atoms with Crippen LogP contribution in [0.5, 0.6) is 0 Å². The number of anilines is 1. The summed E-state index contributed by atoms with van der Waals surface area (Å²) in [5, 5.41) is 3.26. The summed E-state index contributed by atoms with van der Waals surface area (Å²) in [4.78, 5) is 14.4. The summed E-state index contributed by atoms with van der Waals surface area (Å²) in [6.45, 7) is 1.13.